The largest absolute Gasteiger partial charge is 0.467 e. The Hall–Kier alpha value is -1.62. The number of benzene rings is 1. The maximum atomic E-state index is 13.2. The van der Waals surface area contributed by atoms with Crippen molar-refractivity contribution >= 4 is 28.6 Å². The summed E-state index contributed by atoms with van der Waals surface area (Å²) in [5.74, 6) is 0.285. The van der Waals surface area contributed by atoms with E-state index in [1.165, 1.54) is 19.2 Å². The van der Waals surface area contributed by atoms with Crippen LogP contribution in [0.3, 0.4) is 0 Å². The van der Waals surface area contributed by atoms with Crippen molar-refractivity contribution in [3.63, 3.8) is 0 Å². The molecule has 0 saturated carbocycles. The molecule has 19 heavy (non-hydrogen) atoms. The van der Waals surface area contributed by atoms with Crippen molar-refractivity contribution in [1.29, 1.82) is 0 Å². The maximum absolute atomic E-state index is 13.2. The van der Waals surface area contributed by atoms with Gasteiger partial charge in [0.1, 0.15) is 17.7 Å². The fourth-order valence-electron chi connectivity index (χ4n) is 2.09. The van der Waals surface area contributed by atoms with Crippen molar-refractivity contribution in [3.05, 3.63) is 29.8 Å². The van der Waals surface area contributed by atoms with Gasteiger partial charge in [-0.05, 0) is 19.1 Å². The summed E-state index contributed by atoms with van der Waals surface area (Å²) in [5.41, 5.74) is 1.20. The lowest BCUT2D eigenvalue weighted by molar-refractivity contribution is -0.143. The number of carbonyl (C=O) groups excluding carboxylic acids is 1. The summed E-state index contributed by atoms with van der Waals surface area (Å²) in [7, 11) is 1.33. The third-order valence-electron chi connectivity index (χ3n) is 2.97. The molecule has 1 atom stereocenters. The highest BCUT2D eigenvalue weighted by atomic mass is 35.5. The normalized spacial score (nSPS) is 12.6. The molecule has 0 aliphatic rings. The number of methoxy groups -OCH3 is 1. The third-order valence-corrected chi connectivity index (χ3v) is 3.16. The minimum atomic E-state index is -0.529. The van der Waals surface area contributed by atoms with Crippen molar-refractivity contribution in [3.8, 4) is 0 Å². The number of hydrogen-bond donors (Lipinski definition) is 0. The number of aromatic nitrogens is 2. The van der Waals surface area contributed by atoms with E-state index in [1.54, 1.807) is 17.6 Å². The summed E-state index contributed by atoms with van der Waals surface area (Å²) in [6, 6.07) is 3.76. The van der Waals surface area contributed by atoms with Crippen molar-refractivity contribution in [2.24, 2.45) is 0 Å². The summed E-state index contributed by atoms with van der Waals surface area (Å²) in [6.45, 7) is 1.72. The van der Waals surface area contributed by atoms with Crippen molar-refractivity contribution < 1.29 is 13.9 Å². The van der Waals surface area contributed by atoms with Gasteiger partial charge in [-0.25, -0.2) is 14.2 Å². The van der Waals surface area contributed by atoms with Gasteiger partial charge in [-0.3, -0.25) is 0 Å². The van der Waals surface area contributed by atoms with Gasteiger partial charge in [0.25, 0.3) is 0 Å². The molecule has 2 aromatic rings. The first-order valence-electron chi connectivity index (χ1n) is 5.88. The molecule has 1 aromatic carbocycles. The Morgan fingerprint density at radius 2 is 2.32 bits per heavy atom. The van der Waals surface area contributed by atoms with E-state index in [0.29, 0.717) is 29.2 Å². The summed E-state index contributed by atoms with van der Waals surface area (Å²) >= 11 is 5.74. The number of hydrogen-bond acceptors (Lipinski definition) is 3. The van der Waals surface area contributed by atoms with E-state index >= 15 is 0 Å². The second-order valence-electron chi connectivity index (χ2n) is 4.17. The molecule has 0 N–H and O–H groups in total. The lowest BCUT2D eigenvalue weighted by Crippen LogP contribution is -2.20. The zero-order valence-electron chi connectivity index (χ0n) is 10.7. The molecule has 0 spiro atoms. The molecule has 0 aliphatic carbocycles. The molecule has 6 heteroatoms. The second-order valence-corrected chi connectivity index (χ2v) is 4.55. The van der Waals surface area contributed by atoms with Gasteiger partial charge in [0.05, 0.1) is 18.1 Å². The number of aryl methyl sites for hydroxylation is 1. The Kier molecular flexibility index (Phi) is 4.04. The highest BCUT2D eigenvalue weighted by Gasteiger charge is 2.21. The van der Waals surface area contributed by atoms with Crippen LogP contribution in [-0.2, 0) is 16.0 Å². The quantitative estimate of drug-likeness (QED) is 0.640. The molecule has 1 aromatic heterocycles. The Balaban J connectivity index is 2.61. The number of imidazole rings is 1. The fourth-order valence-corrected chi connectivity index (χ4v) is 2.26. The van der Waals surface area contributed by atoms with Crippen LogP contribution < -0.4 is 0 Å². The molecule has 0 saturated heterocycles. The number of esters is 1. The number of carbonyl (C=O) groups is 1. The van der Waals surface area contributed by atoms with Crippen LogP contribution in [0.25, 0.3) is 11.0 Å². The second kappa shape index (κ2) is 5.57. The summed E-state index contributed by atoms with van der Waals surface area (Å²) < 4.78 is 19.7. The van der Waals surface area contributed by atoms with Gasteiger partial charge in [-0.15, -0.1) is 11.6 Å². The smallest absolute Gasteiger partial charge is 0.328 e. The molecular weight excluding hydrogens is 271 g/mol. The van der Waals surface area contributed by atoms with Gasteiger partial charge in [0, 0.05) is 18.4 Å². The van der Waals surface area contributed by atoms with Crippen LogP contribution in [0, 0.1) is 5.82 Å². The highest BCUT2D eigenvalue weighted by molar-refractivity contribution is 6.17. The van der Waals surface area contributed by atoms with Crippen LogP contribution in [0.15, 0.2) is 18.2 Å². The van der Waals surface area contributed by atoms with Crippen LogP contribution in [0.1, 0.15) is 18.8 Å². The SMILES string of the molecule is COC(=O)C(C)n1c(CCCl)nc2cc(F)ccc21. The van der Waals surface area contributed by atoms with E-state index in [-0.39, 0.29) is 11.8 Å². The van der Waals surface area contributed by atoms with E-state index in [0.717, 1.165) is 0 Å². The summed E-state index contributed by atoms with van der Waals surface area (Å²) in [5, 5.41) is 0. The van der Waals surface area contributed by atoms with E-state index in [2.05, 4.69) is 4.98 Å². The number of fused-ring (bicyclic) bond motifs is 1. The highest BCUT2D eigenvalue weighted by Crippen LogP contribution is 2.23. The first kappa shape index (κ1) is 13.8. The average molecular weight is 285 g/mol. The van der Waals surface area contributed by atoms with E-state index in [9.17, 15) is 9.18 Å². The number of nitrogens with zero attached hydrogens (tertiary/aromatic N) is 2. The molecular formula is C13H14ClFN2O2. The fraction of sp³-hybridized carbons (Fsp3) is 0.385. The zero-order valence-corrected chi connectivity index (χ0v) is 11.4. The Bertz CT molecular complexity index is 612. The van der Waals surface area contributed by atoms with Crippen molar-refractivity contribution in [1.82, 2.24) is 9.55 Å². The number of halogens is 2. The number of alkyl halides is 1. The van der Waals surface area contributed by atoms with Crippen LogP contribution in [-0.4, -0.2) is 28.5 Å². The molecule has 0 aliphatic heterocycles. The Labute approximate surface area is 115 Å². The molecule has 0 fully saturated rings. The number of rotatable bonds is 4. The molecule has 0 bridgehead atoms. The third kappa shape index (κ3) is 2.56. The van der Waals surface area contributed by atoms with Gasteiger partial charge in [-0.1, -0.05) is 0 Å². The number of ether oxygens (including phenoxy) is 1. The van der Waals surface area contributed by atoms with Crippen LogP contribution in [0.2, 0.25) is 0 Å². The van der Waals surface area contributed by atoms with Gasteiger partial charge in [0.15, 0.2) is 0 Å². The lowest BCUT2D eigenvalue weighted by Gasteiger charge is -2.15. The molecule has 102 valence electrons. The van der Waals surface area contributed by atoms with Crippen molar-refractivity contribution in [2.45, 2.75) is 19.4 Å². The summed E-state index contributed by atoms with van der Waals surface area (Å²) in [4.78, 5) is 16.0. The predicted octanol–water partition coefficient (Wildman–Crippen LogP) is 2.69. The van der Waals surface area contributed by atoms with Gasteiger partial charge < -0.3 is 9.30 Å². The van der Waals surface area contributed by atoms with E-state index < -0.39 is 6.04 Å². The van der Waals surface area contributed by atoms with Crippen molar-refractivity contribution in [2.75, 3.05) is 13.0 Å². The van der Waals surface area contributed by atoms with Crippen LogP contribution in [0.5, 0.6) is 0 Å². The van der Waals surface area contributed by atoms with Crippen LogP contribution in [0.4, 0.5) is 4.39 Å². The minimum Gasteiger partial charge on any atom is -0.467 e. The topological polar surface area (TPSA) is 44.1 Å². The first-order chi connectivity index (χ1) is 9.08. The molecule has 2 rings (SSSR count). The molecule has 0 radical (unpaired) electrons. The molecule has 0 amide bonds. The van der Waals surface area contributed by atoms with E-state index in [4.69, 9.17) is 16.3 Å². The average Bonchev–Trinajstić information content (AvgIpc) is 2.74. The molecule has 1 unspecified atom stereocenters. The first-order valence-corrected chi connectivity index (χ1v) is 6.42. The summed E-state index contributed by atoms with van der Waals surface area (Å²) in [6.07, 6.45) is 0.499. The molecule has 4 nitrogen and oxygen atoms in total. The maximum Gasteiger partial charge on any atom is 0.328 e. The van der Waals surface area contributed by atoms with Crippen LogP contribution >= 0.6 is 11.6 Å². The Morgan fingerprint density at radius 1 is 1.58 bits per heavy atom. The van der Waals surface area contributed by atoms with Gasteiger partial charge in [-0.2, -0.15) is 0 Å². The monoisotopic (exact) mass is 284 g/mol. The predicted molar refractivity (Wildman–Crippen MR) is 70.8 cm³/mol. The minimum absolute atomic E-state index is 0.361. The Morgan fingerprint density at radius 3 is 2.95 bits per heavy atom. The standard InChI is InChI=1S/C13H14ClFN2O2/c1-8(13(18)19-2)17-11-4-3-9(15)7-10(11)16-12(17)5-6-14/h3-4,7-8H,5-6H2,1-2H3. The molecule has 1 heterocycles. The zero-order chi connectivity index (χ0) is 14.0. The van der Waals surface area contributed by atoms with E-state index in [1.807, 2.05) is 0 Å². The lowest BCUT2D eigenvalue weighted by atomic mass is 10.2. The van der Waals surface area contributed by atoms with Gasteiger partial charge >= 0.3 is 5.97 Å². The van der Waals surface area contributed by atoms with Gasteiger partial charge in [0.2, 0.25) is 0 Å².